The Labute approximate surface area is 80.8 Å². The number of hydrogen-bond donors (Lipinski definition) is 0. The van der Waals surface area contributed by atoms with Crippen LogP contribution in [-0.2, 0) is 9.53 Å². The lowest BCUT2D eigenvalue weighted by molar-refractivity contribution is -0.113. The van der Waals surface area contributed by atoms with Crippen LogP contribution in [-0.4, -0.2) is 18.1 Å². The molecule has 0 spiro atoms. The van der Waals surface area contributed by atoms with Crippen molar-refractivity contribution in [3.63, 3.8) is 0 Å². The van der Waals surface area contributed by atoms with Crippen LogP contribution in [0.5, 0.6) is 0 Å². The third-order valence-corrected chi connectivity index (χ3v) is 2.47. The highest BCUT2D eigenvalue weighted by Gasteiger charge is 2.32. The number of nitrogens with zero attached hydrogens (tertiary/aromatic N) is 1. The van der Waals surface area contributed by atoms with Gasteiger partial charge in [0.2, 0.25) is 0 Å². The van der Waals surface area contributed by atoms with Crippen LogP contribution in [0, 0.1) is 0 Å². The lowest BCUT2D eigenvalue weighted by Gasteiger charge is -2.25. The van der Waals surface area contributed by atoms with Crippen molar-refractivity contribution in [2.45, 2.75) is 6.10 Å². The van der Waals surface area contributed by atoms with Gasteiger partial charge in [0.15, 0.2) is 11.9 Å². The molecule has 0 aromatic carbocycles. The van der Waals surface area contributed by atoms with Gasteiger partial charge in [-0.2, -0.15) is 0 Å². The Bertz CT molecular complexity index is 464. The van der Waals surface area contributed by atoms with Crippen LogP contribution in [0.15, 0.2) is 52.4 Å². The largest absolute Gasteiger partial charge is 0.488 e. The zero-order valence-corrected chi connectivity index (χ0v) is 7.31. The molecule has 1 atom stereocenters. The predicted octanol–water partition coefficient (Wildman–Crippen LogP) is 1.30. The Morgan fingerprint density at radius 3 is 3.07 bits per heavy atom. The van der Waals surface area contributed by atoms with Gasteiger partial charge in [0, 0.05) is 23.4 Å². The summed E-state index contributed by atoms with van der Waals surface area (Å²) >= 11 is 0. The number of aliphatic imine (C=N–C) groups is 1. The van der Waals surface area contributed by atoms with Crippen molar-refractivity contribution in [1.82, 2.24) is 0 Å². The van der Waals surface area contributed by atoms with E-state index in [4.69, 9.17) is 4.74 Å². The van der Waals surface area contributed by atoms with E-state index in [0.717, 1.165) is 11.3 Å². The highest BCUT2D eigenvalue weighted by atomic mass is 16.5. The van der Waals surface area contributed by atoms with Crippen molar-refractivity contribution in [2.24, 2.45) is 4.99 Å². The fourth-order valence-corrected chi connectivity index (χ4v) is 1.78. The van der Waals surface area contributed by atoms with Crippen LogP contribution in [0.25, 0.3) is 0 Å². The molecule has 3 nitrogen and oxygen atoms in total. The van der Waals surface area contributed by atoms with Gasteiger partial charge >= 0.3 is 0 Å². The Kier molecular flexibility index (Phi) is 1.36. The second-order valence-electron chi connectivity index (χ2n) is 3.26. The van der Waals surface area contributed by atoms with E-state index in [-0.39, 0.29) is 11.9 Å². The average molecular weight is 185 g/mol. The number of hydrogen-bond acceptors (Lipinski definition) is 3. The molecule has 14 heavy (non-hydrogen) atoms. The quantitative estimate of drug-likeness (QED) is 0.570. The van der Waals surface area contributed by atoms with Crippen molar-refractivity contribution in [2.75, 3.05) is 0 Å². The van der Waals surface area contributed by atoms with Crippen LogP contribution in [0.3, 0.4) is 0 Å². The molecule has 0 aromatic heterocycles. The molecular weight excluding hydrogens is 178 g/mol. The topological polar surface area (TPSA) is 38.7 Å². The predicted molar refractivity (Wildman–Crippen MR) is 51.8 cm³/mol. The zero-order valence-electron chi connectivity index (χ0n) is 7.31. The van der Waals surface area contributed by atoms with Crippen LogP contribution >= 0.6 is 0 Å². The van der Waals surface area contributed by atoms with Crippen LogP contribution in [0.4, 0.5) is 0 Å². The summed E-state index contributed by atoms with van der Waals surface area (Å²) in [5.41, 5.74) is 2.55. The minimum Gasteiger partial charge on any atom is -0.488 e. The average Bonchev–Trinajstić information content (AvgIpc) is 2.66. The Hall–Kier alpha value is -1.90. The van der Waals surface area contributed by atoms with Gasteiger partial charge in [-0.15, -0.1) is 0 Å². The van der Waals surface area contributed by atoms with E-state index in [1.807, 2.05) is 12.2 Å². The first-order valence-corrected chi connectivity index (χ1v) is 4.39. The molecule has 0 bridgehead atoms. The standard InChI is InChI=1S/C11H7NO2/c13-10-4-6-14-11-7-3-5-12-9(7)2-1-8(10)11/h1-6,11H. The molecule has 68 valence electrons. The summed E-state index contributed by atoms with van der Waals surface area (Å²) in [6.07, 6.45) is 9.88. The summed E-state index contributed by atoms with van der Waals surface area (Å²) in [4.78, 5) is 15.6. The van der Waals surface area contributed by atoms with E-state index in [9.17, 15) is 4.79 Å². The van der Waals surface area contributed by atoms with Gasteiger partial charge in [-0.1, -0.05) is 0 Å². The van der Waals surface area contributed by atoms with Crippen LogP contribution in [0.1, 0.15) is 0 Å². The second-order valence-corrected chi connectivity index (χ2v) is 3.26. The Morgan fingerprint density at radius 1 is 1.21 bits per heavy atom. The minimum atomic E-state index is -0.255. The van der Waals surface area contributed by atoms with E-state index in [2.05, 4.69) is 4.99 Å². The maximum absolute atomic E-state index is 11.5. The monoisotopic (exact) mass is 185 g/mol. The number of allylic oxidation sites excluding steroid dienone is 4. The summed E-state index contributed by atoms with van der Waals surface area (Å²) in [5.74, 6) is 0.0179. The molecule has 0 saturated heterocycles. The van der Waals surface area contributed by atoms with Gasteiger partial charge in [0.1, 0.15) is 0 Å². The Morgan fingerprint density at radius 2 is 2.14 bits per heavy atom. The van der Waals surface area contributed by atoms with Crippen molar-refractivity contribution in [3.05, 3.63) is 47.4 Å². The molecule has 1 unspecified atom stereocenters. The molecule has 0 radical (unpaired) electrons. The third kappa shape index (κ3) is 0.865. The molecule has 0 N–H and O–H groups in total. The summed E-state index contributed by atoms with van der Waals surface area (Å²) < 4.78 is 5.41. The molecule has 0 fully saturated rings. The number of carbonyl (C=O) groups excluding carboxylic acids is 1. The fourth-order valence-electron chi connectivity index (χ4n) is 1.78. The number of carbonyl (C=O) groups is 1. The lowest BCUT2D eigenvalue weighted by atomic mass is 9.91. The second kappa shape index (κ2) is 2.54. The Balaban J connectivity index is 2.13. The van der Waals surface area contributed by atoms with Gasteiger partial charge in [0.05, 0.1) is 12.0 Å². The smallest absolute Gasteiger partial charge is 0.188 e. The highest BCUT2D eigenvalue weighted by molar-refractivity contribution is 6.07. The SMILES string of the molecule is O=C1C=COC2C1=CC=C1N=CC=C12. The zero-order chi connectivity index (χ0) is 9.54. The molecule has 0 amide bonds. The van der Waals surface area contributed by atoms with E-state index < -0.39 is 0 Å². The molecule has 2 aliphatic heterocycles. The number of fused-ring (bicyclic) bond motifs is 3. The van der Waals surface area contributed by atoms with Crippen molar-refractivity contribution < 1.29 is 9.53 Å². The first-order chi connectivity index (χ1) is 6.86. The van der Waals surface area contributed by atoms with E-state index >= 15 is 0 Å². The molecular formula is C11H7NO2. The summed E-state index contributed by atoms with van der Waals surface area (Å²) in [6, 6.07) is 0. The van der Waals surface area contributed by atoms with Gasteiger partial charge in [0.25, 0.3) is 0 Å². The first kappa shape index (κ1) is 7.50. The van der Waals surface area contributed by atoms with E-state index in [1.54, 1.807) is 12.3 Å². The summed E-state index contributed by atoms with van der Waals surface area (Å²) in [5, 5.41) is 0. The molecule has 0 saturated carbocycles. The van der Waals surface area contributed by atoms with E-state index in [0.29, 0.717) is 5.57 Å². The van der Waals surface area contributed by atoms with E-state index in [1.165, 1.54) is 12.3 Å². The molecule has 3 aliphatic rings. The number of ether oxygens (including phenoxy) is 1. The molecule has 3 rings (SSSR count). The van der Waals surface area contributed by atoms with Crippen molar-refractivity contribution in [1.29, 1.82) is 0 Å². The first-order valence-electron chi connectivity index (χ1n) is 4.39. The molecule has 0 aromatic rings. The van der Waals surface area contributed by atoms with Gasteiger partial charge < -0.3 is 4.74 Å². The fraction of sp³-hybridized carbons (Fsp3) is 0.0909. The third-order valence-electron chi connectivity index (χ3n) is 2.47. The van der Waals surface area contributed by atoms with Crippen LogP contribution in [0.2, 0.25) is 0 Å². The summed E-state index contributed by atoms with van der Waals surface area (Å²) in [7, 11) is 0. The van der Waals surface area contributed by atoms with Crippen LogP contribution < -0.4 is 0 Å². The van der Waals surface area contributed by atoms with Gasteiger partial charge in [-0.05, 0) is 18.2 Å². The molecule has 2 heterocycles. The number of ketones is 1. The molecule has 1 aliphatic carbocycles. The minimum absolute atomic E-state index is 0.0179. The van der Waals surface area contributed by atoms with Crippen molar-refractivity contribution >= 4 is 12.0 Å². The maximum atomic E-state index is 11.5. The normalized spacial score (nSPS) is 27.3. The highest BCUT2D eigenvalue weighted by Crippen LogP contribution is 2.32. The number of rotatable bonds is 0. The van der Waals surface area contributed by atoms with Gasteiger partial charge in [-0.25, -0.2) is 0 Å². The summed E-state index contributed by atoms with van der Waals surface area (Å²) in [6.45, 7) is 0. The lowest BCUT2D eigenvalue weighted by Crippen LogP contribution is -2.26. The maximum Gasteiger partial charge on any atom is 0.188 e. The van der Waals surface area contributed by atoms with Crippen molar-refractivity contribution in [3.8, 4) is 0 Å². The van der Waals surface area contributed by atoms with Gasteiger partial charge in [-0.3, -0.25) is 9.79 Å². The molecule has 3 heteroatoms.